The highest BCUT2D eigenvalue weighted by molar-refractivity contribution is 6.30. The summed E-state index contributed by atoms with van der Waals surface area (Å²) in [7, 11) is 0. The van der Waals surface area contributed by atoms with E-state index in [2.05, 4.69) is 15.3 Å². The van der Waals surface area contributed by atoms with Crippen molar-refractivity contribution in [2.75, 3.05) is 5.32 Å². The summed E-state index contributed by atoms with van der Waals surface area (Å²) in [6.45, 7) is 0. The number of benzene rings is 1. The molecular formula is C11H8ClN3O2. The van der Waals surface area contributed by atoms with E-state index in [1.165, 1.54) is 12.5 Å². The first-order valence-corrected chi connectivity index (χ1v) is 5.14. The van der Waals surface area contributed by atoms with Crippen LogP contribution in [0.15, 0.2) is 41.6 Å². The molecule has 0 aliphatic carbocycles. The standard InChI is InChI=1S/C11H8ClN3O2/c12-7-1-3-8(4-2-7)15-11(17)9-5-13-6-14-10(9)16/h1-6H,(H,15,17)(H,13,14,16). The van der Waals surface area contributed by atoms with Crippen LogP contribution >= 0.6 is 11.6 Å². The third-order valence-corrected chi connectivity index (χ3v) is 2.32. The van der Waals surface area contributed by atoms with Crippen molar-refractivity contribution >= 4 is 23.2 Å². The second kappa shape index (κ2) is 4.80. The molecule has 0 atom stereocenters. The van der Waals surface area contributed by atoms with E-state index < -0.39 is 11.5 Å². The largest absolute Gasteiger partial charge is 0.322 e. The molecule has 0 bridgehead atoms. The number of amides is 1. The van der Waals surface area contributed by atoms with E-state index >= 15 is 0 Å². The summed E-state index contributed by atoms with van der Waals surface area (Å²) in [6, 6.07) is 6.57. The molecular weight excluding hydrogens is 242 g/mol. The van der Waals surface area contributed by atoms with Crippen molar-refractivity contribution in [2.24, 2.45) is 0 Å². The van der Waals surface area contributed by atoms with Gasteiger partial charge in [-0.3, -0.25) is 9.59 Å². The second-order valence-corrected chi connectivity index (χ2v) is 3.69. The van der Waals surface area contributed by atoms with Gasteiger partial charge in [0.25, 0.3) is 11.5 Å². The Bertz CT molecular complexity index is 592. The predicted molar refractivity (Wildman–Crippen MR) is 64.3 cm³/mol. The van der Waals surface area contributed by atoms with Crippen LogP contribution in [0, 0.1) is 0 Å². The van der Waals surface area contributed by atoms with Gasteiger partial charge in [-0.1, -0.05) is 11.6 Å². The summed E-state index contributed by atoms with van der Waals surface area (Å²) >= 11 is 5.71. The highest BCUT2D eigenvalue weighted by atomic mass is 35.5. The van der Waals surface area contributed by atoms with Crippen LogP contribution in [0.2, 0.25) is 5.02 Å². The van der Waals surface area contributed by atoms with Crippen molar-refractivity contribution in [3.8, 4) is 0 Å². The summed E-state index contributed by atoms with van der Waals surface area (Å²) < 4.78 is 0. The molecule has 2 N–H and O–H groups in total. The normalized spacial score (nSPS) is 9.94. The Morgan fingerprint density at radius 3 is 2.65 bits per heavy atom. The molecule has 2 rings (SSSR count). The number of hydrogen-bond acceptors (Lipinski definition) is 3. The van der Waals surface area contributed by atoms with E-state index in [1.807, 2.05) is 0 Å². The van der Waals surface area contributed by atoms with Gasteiger partial charge >= 0.3 is 0 Å². The topological polar surface area (TPSA) is 74.8 Å². The fraction of sp³-hybridized carbons (Fsp3) is 0. The van der Waals surface area contributed by atoms with Gasteiger partial charge in [0.05, 0.1) is 6.33 Å². The summed E-state index contributed by atoms with van der Waals surface area (Å²) in [4.78, 5) is 29.1. The lowest BCUT2D eigenvalue weighted by molar-refractivity contribution is 0.102. The zero-order chi connectivity index (χ0) is 12.3. The Kier molecular flexibility index (Phi) is 3.20. The number of hydrogen-bond donors (Lipinski definition) is 2. The first-order valence-electron chi connectivity index (χ1n) is 4.76. The van der Waals surface area contributed by atoms with E-state index in [0.29, 0.717) is 10.7 Å². The molecule has 1 amide bonds. The van der Waals surface area contributed by atoms with E-state index in [4.69, 9.17) is 11.6 Å². The van der Waals surface area contributed by atoms with E-state index in [9.17, 15) is 9.59 Å². The fourth-order valence-corrected chi connectivity index (χ4v) is 1.36. The molecule has 0 radical (unpaired) electrons. The van der Waals surface area contributed by atoms with Crippen molar-refractivity contribution in [1.82, 2.24) is 9.97 Å². The molecule has 0 fully saturated rings. The molecule has 2 aromatic rings. The average molecular weight is 250 g/mol. The molecule has 17 heavy (non-hydrogen) atoms. The maximum Gasteiger partial charge on any atom is 0.263 e. The highest BCUT2D eigenvalue weighted by Crippen LogP contribution is 2.13. The minimum absolute atomic E-state index is 0.0394. The van der Waals surface area contributed by atoms with Gasteiger partial charge in [-0.25, -0.2) is 4.98 Å². The maximum atomic E-state index is 11.7. The van der Waals surface area contributed by atoms with Gasteiger partial charge in [0.1, 0.15) is 5.56 Å². The quantitative estimate of drug-likeness (QED) is 0.850. The number of nitrogens with zero attached hydrogens (tertiary/aromatic N) is 1. The predicted octanol–water partition coefficient (Wildman–Crippen LogP) is 1.68. The molecule has 0 saturated heterocycles. The summed E-state index contributed by atoms with van der Waals surface area (Å²) in [5.74, 6) is -0.512. The Labute approximate surface area is 101 Å². The molecule has 0 spiro atoms. The minimum atomic E-state index is -0.512. The van der Waals surface area contributed by atoms with Gasteiger partial charge < -0.3 is 10.3 Å². The van der Waals surface area contributed by atoms with Crippen molar-refractivity contribution in [2.45, 2.75) is 0 Å². The number of carbonyl (C=O) groups is 1. The smallest absolute Gasteiger partial charge is 0.263 e. The zero-order valence-electron chi connectivity index (χ0n) is 8.61. The number of aromatic amines is 1. The van der Waals surface area contributed by atoms with Crippen molar-refractivity contribution in [1.29, 1.82) is 0 Å². The van der Waals surface area contributed by atoms with Crippen LogP contribution in [-0.2, 0) is 0 Å². The monoisotopic (exact) mass is 249 g/mol. The molecule has 1 aromatic heterocycles. The van der Waals surface area contributed by atoms with Crippen LogP contribution < -0.4 is 10.9 Å². The number of anilines is 1. The lowest BCUT2D eigenvalue weighted by Gasteiger charge is -2.03. The summed E-state index contributed by atoms with van der Waals surface area (Å²) in [6.07, 6.45) is 2.44. The highest BCUT2D eigenvalue weighted by Gasteiger charge is 2.10. The van der Waals surface area contributed by atoms with Crippen LogP contribution in [0.4, 0.5) is 5.69 Å². The Balaban J connectivity index is 2.20. The number of nitrogens with one attached hydrogen (secondary N) is 2. The van der Waals surface area contributed by atoms with Gasteiger partial charge in [0.15, 0.2) is 0 Å². The first kappa shape index (κ1) is 11.3. The van der Waals surface area contributed by atoms with Crippen LogP contribution in [0.5, 0.6) is 0 Å². The zero-order valence-corrected chi connectivity index (χ0v) is 9.36. The summed E-state index contributed by atoms with van der Waals surface area (Å²) in [5.41, 5.74) is 0.0385. The Morgan fingerprint density at radius 2 is 2.00 bits per heavy atom. The molecule has 86 valence electrons. The molecule has 0 aliphatic rings. The van der Waals surface area contributed by atoms with Gasteiger partial charge in [0.2, 0.25) is 0 Å². The summed E-state index contributed by atoms with van der Waals surface area (Å²) in [5, 5.41) is 3.14. The number of halogens is 1. The average Bonchev–Trinajstić information content (AvgIpc) is 2.32. The van der Waals surface area contributed by atoms with Crippen molar-refractivity contribution in [3.63, 3.8) is 0 Å². The van der Waals surface area contributed by atoms with Crippen LogP contribution in [0.3, 0.4) is 0 Å². The molecule has 6 heteroatoms. The second-order valence-electron chi connectivity index (χ2n) is 3.26. The molecule has 0 aliphatic heterocycles. The van der Waals surface area contributed by atoms with Gasteiger partial charge in [-0.2, -0.15) is 0 Å². The van der Waals surface area contributed by atoms with E-state index in [1.54, 1.807) is 24.3 Å². The number of aromatic nitrogens is 2. The molecule has 0 unspecified atom stereocenters. The molecule has 1 aromatic carbocycles. The number of carbonyl (C=O) groups excluding carboxylic acids is 1. The SMILES string of the molecule is O=C(Nc1ccc(Cl)cc1)c1cnc[nH]c1=O. The van der Waals surface area contributed by atoms with Gasteiger partial charge in [0, 0.05) is 16.9 Å². The molecule has 0 saturated carbocycles. The maximum absolute atomic E-state index is 11.7. The number of H-pyrrole nitrogens is 1. The fourth-order valence-electron chi connectivity index (χ4n) is 1.24. The van der Waals surface area contributed by atoms with Gasteiger partial charge in [-0.15, -0.1) is 0 Å². The Hall–Kier alpha value is -2.14. The minimum Gasteiger partial charge on any atom is -0.322 e. The van der Waals surface area contributed by atoms with Crippen molar-refractivity contribution < 1.29 is 4.79 Å². The Morgan fingerprint density at radius 1 is 1.29 bits per heavy atom. The third kappa shape index (κ3) is 2.70. The molecule has 5 nitrogen and oxygen atoms in total. The van der Waals surface area contributed by atoms with E-state index in [0.717, 1.165) is 0 Å². The van der Waals surface area contributed by atoms with Crippen LogP contribution in [-0.4, -0.2) is 15.9 Å². The van der Waals surface area contributed by atoms with E-state index in [-0.39, 0.29) is 5.56 Å². The molecule has 1 heterocycles. The van der Waals surface area contributed by atoms with Crippen LogP contribution in [0.25, 0.3) is 0 Å². The van der Waals surface area contributed by atoms with Crippen molar-refractivity contribution in [3.05, 3.63) is 57.7 Å². The lowest BCUT2D eigenvalue weighted by atomic mass is 10.2. The third-order valence-electron chi connectivity index (χ3n) is 2.07. The van der Waals surface area contributed by atoms with Crippen LogP contribution in [0.1, 0.15) is 10.4 Å². The van der Waals surface area contributed by atoms with Gasteiger partial charge in [-0.05, 0) is 24.3 Å². The number of rotatable bonds is 2. The lowest BCUT2D eigenvalue weighted by Crippen LogP contribution is -2.23. The first-order chi connectivity index (χ1) is 8.16.